The molecule has 0 saturated carbocycles. The van der Waals surface area contributed by atoms with Gasteiger partial charge in [0.05, 0.1) is 0 Å². The van der Waals surface area contributed by atoms with Gasteiger partial charge in [0.25, 0.3) is 0 Å². The summed E-state index contributed by atoms with van der Waals surface area (Å²) in [6, 6.07) is 21.7. The molecule has 3 rings (SSSR count). The maximum Gasteiger partial charge on any atom is 0.129 e. The highest BCUT2D eigenvalue weighted by Gasteiger charge is 2.27. The van der Waals surface area contributed by atoms with Crippen LogP contribution in [0.25, 0.3) is 0 Å². The molecule has 1 radical (unpaired) electrons. The first-order chi connectivity index (χ1) is 8.43. The Morgan fingerprint density at radius 2 is 1.06 bits per heavy atom. The largest absolute Gasteiger partial charge is 0.129 e. The molecule has 0 bridgehead atoms. The second-order valence-corrected chi connectivity index (χ2v) is 4.80. The summed E-state index contributed by atoms with van der Waals surface area (Å²) in [4.78, 5) is 0. The molecule has 2 aromatic rings. The molecule has 83 valence electrons. The fraction of sp³-hybridized carbons (Fsp3) is 0.250. The Hall–Kier alpha value is -1.50. The van der Waals surface area contributed by atoms with Crippen molar-refractivity contribution in [1.82, 2.24) is 0 Å². The van der Waals surface area contributed by atoms with E-state index >= 15 is 0 Å². The number of hydrogen-bond donors (Lipinski definition) is 0. The summed E-state index contributed by atoms with van der Waals surface area (Å²) in [5.74, 6) is 1.28. The first-order valence-electron chi connectivity index (χ1n) is 6.38. The van der Waals surface area contributed by atoms with Crippen molar-refractivity contribution in [3.8, 4) is 0 Å². The Labute approximate surface area is 104 Å². The summed E-state index contributed by atoms with van der Waals surface area (Å²) in [7, 11) is 2.52. The fourth-order valence-corrected chi connectivity index (χ4v) is 2.79. The molecule has 1 aliphatic rings. The molecule has 0 nitrogen and oxygen atoms in total. The number of hydrogen-bond acceptors (Lipinski definition) is 0. The van der Waals surface area contributed by atoms with E-state index in [4.69, 9.17) is 0 Å². The van der Waals surface area contributed by atoms with E-state index in [0.29, 0.717) is 11.6 Å². The van der Waals surface area contributed by atoms with Crippen LogP contribution >= 0.6 is 0 Å². The summed E-state index contributed by atoms with van der Waals surface area (Å²) in [5.41, 5.74) is 2.93. The Kier molecular flexibility index (Phi) is 3.00. The van der Waals surface area contributed by atoms with Crippen LogP contribution < -0.4 is 0 Å². The second kappa shape index (κ2) is 4.79. The summed E-state index contributed by atoms with van der Waals surface area (Å²) in [6.07, 6.45) is 2.56. The summed E-state index contributed by atoms with van der Waals surface area (Å²) >= 11 is 0. The zero-order chi connectivity index (χ0) is 11.5. The minimum Gasteiger partial charge on any atom is -0.0622 e. The molecule has 2 aromatic carbocycles. The van der Waals surface area contributed by atoms with Gasteiger partial charge in [0.2, 0.25) is 0 Å². The molecule has 2 atom stereocenters. The quantitative estimate of drug-likeness (QED) is 0.670. The summed E-state index contributed by atoms with van der Waals surface area (Å²) < 4.78 is 0. The van der Waals surface area contributed by atoms with Gasteiger partial charge >= 0.3 is 0 Å². The number of rotatable bonds is 2. The molecule has 1 saturated heterocycles. The van der Waals surface area contributed by atoms with Gasteiger partial charge in [-0.05, 0) is 11.6 Å². The minimum absolute atomic E-state index is 0.640. The Morgan fingerprint density at radius 3 is 1.47 bits per heavy atom. The molecule has 0 aromatic heterocycles. The van der Waals surface area contributed by atoms with E-state index in [2.05, 4.69) is 67.9 Å². The smallest absolute Gasteiger partial charge is 0.0622 e. The molecule has 1 heterocycles. The lowest BCUT2D eigenvalue weighted by Crippen LogP contribution is -2.06. The molecular formula is C16H16B. The Balaban J connectivity index is 1.75. The lowest BCUT2D eigenvalue weighted by Gasteiger charge is -2.10. The third kappa shape index (κ3) is 2.29. The first kappa shape index (κ1) is 10.6. The van der Waals surface area contributed by atoms with Crippen molar-refractivity contribution in [2.45, 2.75) is 24.5 Å². The molecule has 0 amide bonds. The molecule has 0 aliphatic carbocycles. The highest BCUT2D eigenvalue weighted by atomic mass is 14.2. The molecule has 1 aliphatic heterocycles. The SMILES string of the molecule is [B]1C(c2ccccc2)CCC1c1ccccc1. The molecule has 1 heteroatoms. The minimum atomic E-state index is 0.640. The van der Waals surface area contributed by atoms with Crippen LogP contribution in [0.3, 0.4) is 0 Å². The highest BCUT2D eigenvalue weighted by Crippen LogP contribution is 2.36. The monoisotopic (exact) mass is 219 g/mol. The van der Waals surface area contributed by atoms with E-state index in [9.17, 15) is 0 Å². The van der Waals surface area contributed by atoms with Crippen LogP contribution in [-0.4, -0.2) is 7.28 Å². The van der Waals surface area contributed by atoms with Crippen molar-refractivity contribution in [1.29, 1.82) is 0 Å². The Bertz CT molecular complexity index is 418. The van der Waals surface area contributed by atoms with E-state index in [-0.39, 0.29) is 0 Å². The summed E-state index contributed by atoms with van der Waals surface area (Å²) in [6.45, 7) is 0. The zero-order valence-corrected chi connectivity index (χ0v) is 9.92. The van der Waals surface area contributed by atoms with Gasteiger partial charge in [-0.25, -0.2) is 0 Å². The molecule has 0 N–H and O–H groups in total. The average molecular weight is 219 g/mol. The maximum atomic E-state index is 2.52. The van der Waals surface area contributed by atoms with Crippen LogP contribution in [0.5, 0.6) is 0 Å². The van der Waals surface area contributed by atoms with Crippen LogP contribution in [0.15, 0.2) is 60.7 Å². The molecular weight excluding hydrogens is 203 g/mol. The van der Waals surface area contributed by atoms with Crippen molar-refractivity contribution in [3.63, 3.8) is 0 Å². The Morgan fingerprint density at radius 1 is 0.647 bits per heavy atom. The van der Waals surface area contributed by atoms with Crippen molar-refractivity contribution >= 4 is 7.28 Å². The van der Waals surface area contributed by atoms with Gasteiger partial charge in [0.15, 0.2) is 0 Å². The van der Waals surface area contributed by atoms with Crippen LogP contribution in [0.1, 0.15) is 35.6 Å². The second-order valence-electron chi connectivity index (χ2n) is 4.80. The predicted molar refractivity (Wildman–Crippen MR) is 73.4 cm³/mol. The van der Waals surface area contributed by atoms with Gasteiger partial charge in [-0.1, -0.05) is 84.6 Å². The van der Waals surface area contributed by atoms with Gasteiger partial charge in [-0.2, -0.15) is 0 Å². The molecule has 1 fully saturated rings. The average Bonchev–Trinajstić information content (AvgIpc) is 2.90. The normalized spacial score (nSPS) is 23.3. The predicted octanol–water partition coefficient (Wildman–Crippen LogP) is 3.97. The zero-order valence-electron chi connectivity index (χ0n) is 9.92. The molecule has 2 unspecified atom stereocenters. The molecule has 17 heavy (non-hydrogen) atoms. The van der Waals surface area contributed by atoms with Crippen molar-refractivity contribution < 1.29 is 0 Å². The lowest BCUT2D eigenvalue weighted by molar-refractivity contribution is 0.765. The van der Waals surface area contributed by atoms with Gasteiger partial charge < -0.3 is 0 Å². The van der Waals surface area contributed by atoms with Crippen LogP contribution in [-0.2, 0) is 0 Å². The molecule has 0 spiro atoms. The van der Waals surface area contributed by atoms with Gasteiger partial charge in [0, 0.05) is 0 Å². The topological polar surface area (TPSA) is 0 Å². The van der Waals surface area contributed by atoms with Gasteiger partial charge in [0.1, 0.15) is 7.28 Å². The number of benzene rings is 2. The van der Waals surface area contributed by atoms with Crippen LogP contribution in [0, 0.1) is 0 Å². The highest BCUT2D eigenvalue weighted by molar-refractivity contribution is 6.41. The van der Waals surface area contributed by atoms with Gasteiger partial charge in [-0.3, -0.25) is 0 Å². The summed E-state index contributed by atoms with van der Waals surface area (Å²) in [5, 5.41) is 0. The van der Waals surface area contributed by atoms with E-state index in [1.807, 2.05) is 0 Å². The van der Waals surface area contributed by atoms with E-state index in [1.165, 1.54) is 24.0 Å². The van der Waals surface area contributed by atoms with Crippen molar-refractivity contribution in [3.05, 3.63) is 71.8 Å². The standard InChI is InChI=1S/C16H16B/c1-3-7-13(8-4-1)15-11-12-16(17-15)14-9-5-2-6-10-14/h1-10,15-16H,11-12H2. The van der Waals surface area contributed by atoms with E-state index < -0.39 is 0 Å². The van der Waals surface area contributed by atoms with Crippen LogP contribution in [0.2, 0.25) is 0 Å². The lowest BCUT2D eigenvalue weighted by atomic mass is 9.57. The van der Waals surface area contributed by atoms with Crippen LogP contribution in [0.4, 0.5) is 0 Å². The van der Waals surface area contributed by atoms with E-state index in [1.54, 1.807) is 0 Å². The first-order valence-corrected chi connectivity index (χ1v) is 6.38. The van der Waals surface area contributed by atoms with Gasteiger partial charge in [-0.15, -0.1) is 0 Å². The van der Waals surface area contributed by atoms with Crippen molar-refractivity contribution in [2.24, 2.45) is 0 Å². The third-order valence-corrected chi connectivity index (χ3v) is 3.71. The maximum absolute atomic E-state index is 2.52. The van der Waals surface area contributed by atoms with E-state index in [0.717, 1.165) is 0 Å². The fourth-order valence-electron chi connectivity index (χ4n) is 2.79. The van der Waals surface area contributed by atoms with Crippen molar-refractivity contribution in [2.75, 3.05) is 0 Å². The third-order valence-electron chi connectivity index (χ3n) is 3.71.